The number of fused-ring (bicyclic) bond motifs is 1. The maximum absolute atomic E-state index is 13.4. The average molecular weight is 423 g/mol. The summed E-state index contributed by atoms with van der Waals surface area (Å²) >= 11 is 0. The van der Waals surface area contributed by atoms with Crippen molar-refractivity contribution in [1.29, 1.82) is 0 Å². The predicted octanol–water partition coefficient (Wildman–Crippen LogP) is 4.29. The first-order valence-corrected chi connectivity index (χ1v) is 11.8. The Morgan fingerprint density at radius 2 is 1.57 bits per heavy atom. The standard InChI is InChI=1S/C24H26N2O3S/c1-2-26(23-14-8-10-19-9-6-7-13-22(19)23)24(27)20-15-17-25(18-16-20)30(28,29)21-11-4-3-5-12-21/h3-14,20H,2,15-18H2,1H3. The van der Waals surface area contributed by atoms with Crippen molar-refractivity contribution in [2.24, 2.45) is 5.92 Å². The molecule has 1 heterocycles. The number of sulfonamides is 1. The van der Waals surface area contributed by atoms with Crippen LogP contribution in [-0.4, -0.2) is 38.3 Å². The molecule has 0 atom stereocenters. The summed E-state index contributed by atoms with van der Waals surface area (Å²) in [5, 5.41) is 2.16. The first kappa shape index (κ1) is 20.6. The lowest BCUT2D eigenvalue weighted by Gasteiger charge is -2.33. The van der Waals surface area contributed by atoms with Gasteiger partial charge in [-0.25, -0.2) is 8.42 Å². The van der Waals surface area contributed by atoms with Gasteiger partial charge in [-0.3, -0.25) is 4.79 Å². The first-order valence-electron chi connectivity index (χ1n) is 10.4. The molecule has 0 aliphatic carbocycles. The molecule has 0 saturated carbocycles. The monoisotopic (exact) mass is 422 g/mol. The highest BCUT2D eigenvalue weighted by Gasteiger charge is 2.34. The topological polar surface area (TPSA) is 57.7 Å². The molecule has 3 aromatic rings. The van der Waals surface area contributed by atoms with Gasteiger partial charge < -0.3 is 4.90 Å². The fourth-order valence-electron chi connectivity index (χ4n) is 4.19. The van der Waals surface area contributed by atoms with E-state index in [-0.39, 0.29) is 11.8 Å². The molecule has 4 rings (SSSR count). The number of benzene rings is 3. The highest BCUT2D eigenvalue weighted by molar-refractivity contribution is 7.89. The number of carbonyl (C=O) groups is 1. The van der Waals surface area contributed by atoms with Crippen molar-refractivity contribution >= 4 is 32.4 Å². The van der Waals surface area contributed by atoms with Crippen LogP contribution in [0.25, 0.3) is 10.8 Å². The zero-order chi connectivity index (χ0) is 21.1. The molecule has 0 bridgehead atoms. The summed E-state index contributed by atoms with van der Waals surface area (Å²) in [5.74, 6) is -0.100. The smallest absolute Gasteiger partial charge is 0.243 e. The van der Waals surface area contributed by atoms with Gasteiger partial charge in [0.25, 0.3) is 0 Å². The quantitative estimate of drug-likeness (QED) is 0.616. The molecule has 1 fully saturated rings. The molecule has 1 aliphatic heterocycles. The van der Waals surface area contributed by atoms with Gasteiger partial charge in [0, 0.05) is 30.9 Å². The van der Waals surface area contributed by atoms with Gasteiger partial charge >= 0.3 is 0 Å². The normalized spacial score (nSPS) is 15.9. The zero-order valence-electron chi connectivity index (χ0n) is 17.1. The van der Waals surface area contributed by atoms with Crippen LogP contribution in [0.3, 0.4) is 0 Å². The van der Waals surface area contributed by atoms with Gasteiger partial charge in [0.15, 0.2) is 0 Å². The molecule has 0 N–H and O–H groups in total. The van der Waals surface area contributed by atoms with Gasteiger partial charge in [0.2, 0.25) is 15.9 Å². The van der Waals surface area contributed by atoms with E-state index in [0.29, 0.717) is 37.4 Å². The molecule has 0 spiro atoms. The molecule has 30 heavy (non-hydrogen) atoms. The van der Waals surface area contributed by atoms with E-state index in [1.54, 1.807) is 30.3 Å². The molecule has 3 aromatic carbocycles. The van der Waals surface area contributed by atoms with E-state index in [2.05, 4.69) is 0 Å². The molecule has 1 amide bonds. The summed E-state index contributed by atoms with van der Waals surface area (Å²) in [6, 6.07) is 22.6. The van der Waals surface area contributed by atoms with Gasteiger partial charge in [-0.05, 0) is 43.4 Å². The number of amides is 1. The fraction of sp³-hybridized carbons (Fsp3) is 0.292. The second-order valence-electron chi connectivity index (χ2n) is 7.57. The molecule has 0 unspecified atom stereocenters. The van der Waals surface area contributed by atoms with Crippen LogP contribution in [0.5, 0.6) is 0 Å². The fourth-order valence-corrected chi connectivity index (χ4v) is 5.68. The number of nitrogens with zero attached hydrogens (tertiary/aromatic N) is 2. The number of hydrogen-bond acceptors (Lipinski definition) is 3. The van der Waals surface area contributed by atoms with Crippen molar-refractivity contribution in [3.8, 4) is 0 Å². The van der Waals surface area contributed by atoms with E-state index < -0.39 is 10.0 Å². The molecule has 0 radical (unpaired) electrons. The molecular formula is C24H26N2O3S. The summed E-state index contributed by atoms with van der Waals surface area (Å²) in [7, 11) is -3.51. The largest absolute Gasteiger partial charge is 0.312 e. The van der Waals surface area contributed by atoms with Crippen molar-refractivity contribution in [1.82, 2.24) is 4.31 Å². The average Bonchev–Trinajstić information content (AvgIpc) is 2.80. The Labute approximate surface area is 178 Å². The SMILES string of the molecule is CCN(C(=O)C1CCN(S(=O)(=O)c2ccccc2)CC1)c1cccc2ccccc12. The Morgan fingerprint density at radius 3 is 2.27 bits per heavy atom. The van der Waals surface area contributed by atoms with Crippen LogP contribution in [0.2, 0.25) is 0 Å². The van der Waals surface area contributed by atoms with E-state index in [1.807, 2.05) is 54.3 Å². The number of rotatable bonds is 5. The minimum Gasteiger partial charge on any atom is -0.312 e. The summed E-state index contributed by atoms with van der Waals surface area (Å²) < 4.78 is 27.2. The molecule has 5 nitrogen and oxygen atoms in total. The van der Waals surface area contributed by atoms with Crippen LogP contribution >= 0.6 is 0 Å². The van der Waals surface area contributed by atoms with Crippen molar-refractivity contribution in [2.75, 3.05) is 24.5 Å². The lowest BCUT2D eigenvalue weighted by molar-refractivity contribution is -0.123. The van der Waals surface area contributed by atoms with Crippen molar-refractivity contribution < 1.29 is 13.2 Å². The second-order valence-corrected chi connectivity index (χ2v) is 9.51. The number of piperidine rings is 1. The summed E-state index contributed by atoms with van der Waals surface area (Å²) in [6.07, 6.45) is 1.07. The second kappa shape index (κ2) is 8.58. The van der Waals surface area contributed by atoms with Gasteiger partial charge in [-0.2, -0.15) is 4.31 Å². The third-order valence-electron chi connectivity index (χ3n) is 5.82. The van der Waals surface area contributed by atoms with E-state index >= 15 is 0 Å². The van der Waals surface area contributed by atoms with Gasteiger partial charge in [-0.15, -0.1) is 0 Å². The predicted molar refractivity (Wildman–Crippen MR) is 120 cm³/mol. The zero-order valence-corrected chi connectivity index (χ0v) is 17.9. The molecule has 156 valence electrons. The summed E-state index contributed by atoms with van der Waals surface area (Å²) in [4.78, 5) is 15.5. The Morgan fingerprint density at radius 1 is 0.933 bits per heavy atom. The number of carbonyl (C=O) groups excluding carboxylic acids is 1. The van der Waals surface area contributed by atoms with Crippen molar-refractivity contribution in [3.05, 3.63) is 72.8 Å². The maximum atomic E-state index is 13.4. The lowest BCUT2D eigenvalue weighted by Crippen LogP contribution is -2.44. The Kier molecular flexibility index (Phi) is 5.88. The van der Waals surface area contributed by atoms with Crippen molar-refractivity contribution in [2.45, 2.75) is 24.7 Å². The molecule has 6 heteroatoms. The Balaban J connectivity index is 1.51. The first-order chi connectivity index (χ1) is 14.5. The minimum absolute atomic E-state index is 0.0746. The third kappa shape index (κ3) is 3.85. The highest BCUT2D eigenvalue weighted by atomic mass is 32.2. The van der Waals surface area contributed by atoms with Gasteiger partial charge in [-0.1, -0.05) is 54.6 Å². The molecular weight excluding hydrogens is 396 g/mol. The van der Waals surface area contributed by atoms with Crippen LogP contribution in [-0.2, 0) is 14.8 Å². The minimum atomic E-state index is -3.51. The van der Waals surface area contributed by atoms with Crippen LogP contribution in [0.1, 0.15) is 19.8 Å². The lowest BCUT2D eigenvalue weighted by atomic mass is 9.95. The Bertz CT molecular complexity index is 1130. The Hall–Kier alpha value is -2.70. The van der Waals surface area contributed by atoms with Gasteiger partial charge in [0.05, 0.1) is 10.6 Å². The molecule has 1 aliphatic rings. The molecule has 0 aromatic heterocycles. The van der Waals surface area contributed by atoms with E-state index in [9.17, 15) is 13.2 Å². The van der Waals surface area contributed by atoms with Crippen LogP contribution in [0, 0.1) is 5.92 Å². The number of anilines is 1. The number of hydrogen-bond donors (Lipinski definition) is 0. The maximum Gasteiger partial charge on any atom is 0.243 e. The van der Waals surface area contributed by atoms with Gasteiger partial charge in [0.1, 0.15) is 0 Å². The summed E-state index contributed by atoms with van der Waals surface area (Å²) in [6.45, 7) is 3.28. The third-order valence-corrected chi connectivity index (χ3v) is 7.74. The van der Waals surface area contributed by atoms with E-state index in [1.165, 1.54) is 4.31 Å². The van der Waals surface area contributed by atoms with E-state index in [4.69, 9.17) is 0 Å². The highest BCUT2D eigenvalue weighted by Crippen LogP contribution is 2.30. The van der Waals surface area contributed by atoms with Crippen LogP contribution in [0.15, 0.2) is 77.7 Å². The van der Waals surface area contributed by atoms with Crippen LogP contribution < -0.4 is 4.90 Å². The molecule has 1 saturated heterocycles. The van der Waals surface area contributed by atoms with Crippen molar-refractivity contribution in [3.63, 3.8) is 0 Å². The van der Waals surface area contributed by atoms with E-state index in [0.717, 1.165) is 16.5 Å². The van der Waals surface area contributed by atoms with Crippen LogP contribution in [0.4, 0.5) is 5.69 Å². The summed E-state index contributed by atoms with van der Waals surface area (Å²) in [5.41, 5.74) is 0.917.